The molecular formula is C14H20N6. The molecule has 0 aliphatic carbocycles. The lowest BCUT2D eigenvalue weighted by Crippen LogP contribution is -2.21. The Balaban J connectivity index is 1.67. The normalized spacial score (nSPS) is 14.8. The van der Waals surface area contributed by atoms with Crippen molar-refractivity contribution < 1.29 is 0 Å². The first-order valence-corrected chi connectivity index (χ1v) is 7.01. The molecule has 0 spiro atoms. The summed E-state index contributed by atoms with van der Waals surface area (Å²) in [6.45, 7) is 3.17. The zero-order valence-corrected chi connectivity index (χ0v) is 12.0. The van der Waals surface area contributed by atoms with Crippen LogP contribution in [0.15, 0.2) is 24.3 Å². The molecule has 0 radical (unpaired) electrons. The predicted molar refractivity (Wildman–Crippen MR) is 78.8 cm³/mol. The predicted octanol–water partition coefficient (Wildman–Crippen LogP) is 1.45. The molecule has 1 aliphatic heterocycles. The van der Waals surface area contributed by atoms with Gasteiger partial charge in [0, 0.05) is 39.4 Å². The van der Waals surface area contributed by atoms with Gasteiger partial charge >= 0.3 is 0 Å². The van der Waals surface area contributed by atoms with Crippen LogP contribution in [-0.2, 0) is 13.6 Å². The van der Waals surface area contributed by atoms with Crippen LogP contribution in [0.3, 0.4) is 0 Å². The van der Waals surface area contributed by atoms with Crippen molar-refractivity contribution in [1.82, 2.24) is 20.2 Å². The molecule has 1 fully saturated rings. The fourth-order valence-corrected chi connectivity index (χ4v) is 2.68. The molecular weight excluding hydrogens is 252 g/mol. The summed E-state index contributed by atoms with van der Waals surface area (Å²) >= 11 is 0. The van der Waals surface area contributed by atoms with Crippen LogP contribution in [0, 0.1) is 0 Å². The molecule has 0 unspecified atom stereocenters. The van der Waals surface area contributed by atoms with E-state index in [1.54, 1.807) is 4.68 Å². The lowest BCUT2D eigenvalue weighted by atomic mass is 10.2. The minimum Gasteiger partial charge on any atom is -0.372 e. The molecule has 3 rings (SSSR count). The molecule has 0 N–H and O–H groups in total. The molecule has 1 aromatic carbocycles. The van der Waals surface area contributed by atoms with Crippen molar-refractivity contribution in [3.05, 3.63) is 29.8 Å². The van der Waals surface area contributed by atoms with E-state index in [1.165, 1.54) is 37.2 Å². The first kappa shape index (κ1) is 12.9. The van der Waals surface area contributed by atoms with Crippen LogP contribution in [0.4, 0.5) is 11.6 Å². The number of hydrogen-bond acceptors (Lipinski definition) is 5. The molecule has 1 aromatic heterocycles. The van der Waals surface area contributed by atoms with Crippen LogP contribution in [0.5, 0.6) is 0 Å². The molecule has 0 atom stereocenters. The number of tetrazole rings is 1. The third-order valence-electron chi connectivity index (χ3n) is 3.77. The Morgan fingerprint density at radius 1 is 1.15 bits per heavy atom. The van der Waals surface area contributed by atoms with Gasteiger partial charge in [-0.2, -0.15) is 0 Å². The number of hydrogen-bond donors (Lipinski definition) is 0. The first-order chi connectivity index (χ1) is 9.74. The van der Waals surface area contributed by atoms with Gasteiger partial charge in [-0.1, -0.05) is 17.2 Å². The summed E-state index contributed by atoms with van der Waals surface area (Å²) in [6.07, 6.45) is 2.62. The zero-order chi connectivity index (χ0) is 13.9. The SMILES string of the molecule is CN(Cc1ccc(N2CCCC2)cc1)c1nnnn1C. The maximum atomic E-state index is 4.01. The van der Waals surface area contributed by atoms with Gasteiger partial charge in [0.1, 0.15) is 0 Å². The second kappa shape index (κ2) is 5.48. The maximum absolute atomic E-state index is 4.01. The monoisotopic (exact) mass is 272 g/mol. The van der Waals surface area contributed by atoms with Gasteiger partial charge in [0.2, 0.25) is 5.95 Å². The van der Waals surface area contributed by atoms with Crippen LogP contribution in [0.1, 0.15) is 18.4 Å². The number of rotatable bonds is 4. The number of aromatic nitrogens is 4. The van der Waals surface area contributed by atoms with Crippen molar-refractivity contribution in [2.75, 3.05) is 29.9 Å². The molecule has 0 amide bonds. The Bertz CT molecular complexity index is 555. The van der Waals surface area contributed by atoms with Crippen LogP contribution in [0.25, 0.3) is 0 Å². The lowest BCUT2D eigenvalue weighted by molar-refractivity contribution is 0.696. The summed E-state index contributed by atoms with van der Waals surface area (Å²) in [5.41, 5.74) is 2.59. The largest absolute Gasteiger partial charge is 0.372 e. The third-order valence-corrected chi connectivity index (χ3v) is 3.77. The van der Waals surface area contributed by atoms with Gasteiger partial charge in [-0.25, -0.2) is 4.68 Å². The molecule has 106 valence electrons. The van der Waals surface area contributed by atoms with Crippen LogP contribution in [0.2, 0.25) is 0 Å². The number of anilines is 2. The maximum Gasteiger partial charge on any atom is 0.245 e. The van der Waals surface area contributed by atoms with Gasteiger partial charge in [-0.05, 0) is 41.0 Å². The van der Waals surface area contributed by atoms with Gasteiger partial charge in [-0.3, -0.25) is 0 Å². The minimum atomic E-state index is 0.772. The fourth-order valence-electron chi connectivity index (χ4n) is 2.68. The van der Waals surface area contributed by atoms with Gasteiger partial charge in [0.25, 0.3) is 0 Å². The molecule has 0 saturated carbocycles. The Morgan fingerprint density at radius 3 is 2.45 bits per heavy atom. The van der Waals surface area contributed by atoms with Crippen LogP contribution >= 0.6 is 0 Å². The summed E-state index contributed by atoms with van der Waals surface area (Å²) in [5, 5.41) is 11.5. The van der Waals surface area contributed by atoms with E-state index in [2.05, 4.69) is 44.7 Å². The molecule has 1 saturated heterocycles. The second-order valence-corrected chi connectivity index (χ2v) is 5.32. The summed E-state index contributed by atoms with van der Waals surface area (Å²) < 4.78 is 1.68. The molecule has 0 bridgehead atoms. The van der Waals surface area contributed by atoms with Gasteiger partial charge in [0.05, 0.1) is 0 Å². The van der Waals surface area contributed by atoms with Crippen molar-refractivity contribution in [1.29, 1.82) is 0 Å². The smallest absolute Gasteiger partial charge is 0.245 e. The number of nitrogens with zero attached hydrogens (tertiary/aromatic N) is 6. The minimum absolute atomic E-state index is 0.772. The Morgan fingerprint density at radius 2 is 1.85 bits per heavy atom. The Kier molecular flexibility index (Phi) is 3.54. The second-order valence-electron chi connectivity index (χ2n) is 5.32. The number of benzene rings is 1. The molecule has 20 heavy (non-hydrogen) atoms. The van der Waals surface area contributed by atoms with E-state index in [-0.39, 0.29) is 0 Å². The summed E-state index contributed by atoms with van der Waals surface area (Å²) in [4.78, 5) is 4.49. The van der Waals surface area contributed by atoms with Gasteiger partial charge in [-0.15, -0.1) is 0 Å². The zero-order valence-electron chi connectivity index (χ0n) is 12.0. The summed E-state index contributed by atoms with van der Waals surface area (Å²) in [7, 11) is 3.85. The van der Waals surface area contributed by atoms with E-state index >= 15 is 0 Å². The summed E-state index contributed by atoms with van der Waals surface area (Å²) in [5.74, 6) is 0.772. The van der Waals surface area contributed by atoms with Crippen LogP contribution < -0.4 is 9.80 Å². The highest BCUT2D eigenvalue weighted by atomic mass is 15.6. The van der Waals surface area contributed by atoms with Gasteiger partial charge < -0.3 is 9.80 Å². The molecule has 2 aromatic rings. The van der Waals surface area contributed by atoms with Crippen molar-refractivity contribution in [2.24, 2.45) is 7.05 Å². The molecule has 6 heteroatoms. The third kappa shape index (κ3) is 2.59. The molecule has 1 aliphatic rings. The number of aryl methyl sites for hydroxylation is 1. The van der Waals surface area contributed by atoms with E-state index in [9.17, 15) is 0 Å². The Hall–Kier alpha value is -2.11. The topological polar surface area (TPSA) is 50.1 Å². The lowest BCUT2D eigenvalue weighted by Gasteiger charge is -2.19. The highest BCUT2D eigenvalue weighted by molar-refractivity contribution is 5.48. The quantitative estimate of drug-likeness (QED) is 0.843. The van der Waals surface area contributed by atoms with E-state index in [0.29, 0.717) is 0 Å². The highest BCUT2D eigenvalue weighted by Gasteiger charge is 2.13. The summed E-state index contributed by atoms with van der Waals surface area (Å²) in [6, 6.07) is 8.80. The van der Waals surface area contributed by atoms with Crippen molar-refractivity contribution in [3.8, 4) is 0 Å². The van der Waals surface area contributed by atoms with Gasteiger partial charge in [0.15, 0.2) is 0 Å². The Labute approximate surface area is 119 Å². The fraction of sp³-hybridized carbons (Fsp3) is 0.500. The highest BCUT2D eigenvalue weighted by Crippen LogP contribution is 2.21. The van der Waals surface area contributed by atoms with Crippen LogP contribution in [-0.4, -0.2) is 40.3 Å². The first-order valence-electron chi connectivity index (χ1n) is 7.01. The van der Waals surface area contributed by atoms with E-state index < -0.39 is 0 Å². The van der Waals surface area contributed by atoms with E-state index in [0.717, 1.165) is 12.5 Å². The molecule has 2 heterocycles. The average Bonchev–Trinajstić information content (AvgIpc) is 3.10. The van der Waals surface area contributed by atoms with Crippen molar-refractivity contribution in [3.63, 3.8) is 0 Å². The molecule has 6 nitrogen and oxygen atoms in total. The van der Waals surface area contributed by atoms with E-state index in [1.807, 2.05) is 19.0 Å². The van der Waals surface area contributed by atoms with Crippen molar-refractivity contribution in [2.45, 2.75) is 19.4 Å². The standard InChI is InChI=1S/C14H20N6/c1-18(14-15-16-17-19(14)2)11-12-5-7-13(8-6-12)20-9-3-4-10-20/h5-8H,3-4,9-11H2,1-2H3. The average molecular weight is 272 g/mol. The van der Waals surface area contributed by atoms with E-state index in [4.69, 9.17) is 0 Å². The van der Waals surface area contributed by atoms with Crippen molar-refractivity contribution >= 4 is 11.6 Å².